The zero-order valence-corrected chi connectivity index (χ0v) is 14.9. The summed E-state index contributed by atoms with van der Waals surface area (Å²) in [6.45, 7) is 4.75. The van der Waals surface area contributed by atoms with Crippen LogP contribution in [0.2, 0.25) is 0 Å². The van der Waals surface area contributed by atoms with Crippen molar-refractivity contribution in [3.63, 3.8) is 0 Å². The van der Waals surface area contributed by atoms with Crippen LogP contribution in [0.1, 0.15) is 6.92 Å². The SMILES string of the molecule is CC(OCCOCCOCCOCCNC(=O)CI)C(=O)O. The third kappa shape index (κ3) is 14.4. The van der Waals surface area contributed by atoms with Gasteiger partial charge in [0.1, 0.15) is 0 Å². The van der Waals surface area contributed by atoms with Crippen molar-refractivity contribution in [2.24, 2.45) is 0 Å². The minimum absolute atomic E-state index is 0.000623. The molecular formula is C13H24INO7. The zero-order valence-electron chi connectivity index (χ0n) is 12.7. The number of hydrogen-bond donors (Lipinski definition) is 2. The molecule has 0 aliphatic heterocycles. The molecule has 0 saturated heterocycles. The van der Waals surface area contributed by atoms with E-state index in [-0.39, 0.29) is 12.5 Å². The van der Waals surface area contributed by atoms with E-state index in [2.05, 4.69) is 5.32 Å². The molecule has 1 unspecified atom stereocenters. The number of carbonyl (C=O) groups excluding carboxylic acids is 1. The molecule has 0 aliphatic rings. The van der Waals surface area contributed by atoms with Crippen LogP contribution in [0.15, 0.2) is 0 Å². The van der Waals surface area contributed by atoms with Gasteiger partial charge in [0.2, 0.25) is 5.91 Å². The molecule has 9 heteroatoms. The highest BCUT2D eigenvalue weighted by Gasteiger charge is 2.09. The van der Waals surface area contributed by atoms with E-state index < -0.39 is 12.1 Å². The van der Waals surface area contributed by atoms with Gasteiger partial charge in [0.15, 0.2) is 6.10 Å². The summed E-state index contributed by atoms with van der Waals surface area (Å²) in [4.78, 5) is 21.4. The molecule has 0 bridgehead atoms. The monoisotopic (exact) mass is 433 g/mol. The Morgan fingerprint density at radius 1 is 1.00 bits per heavy atom. The quantitative estimate of drug-likeness (QED) is 0.214. The van der Waals surface area contributed by atoms with E-state index in [9.17, 15) is 9.59 Å². The fourth-order valence-corrected chi connectivity index (χ4v) is 1.48. The van der Waals surface area contributed by atoms with Gasteiger partial charge in [-0.3, -0.25) is 4.79 Å². The molecule has 0 spiro atoms. The first-order valence-corrected chi connectivity index (χ1v) is 8.50. The molecule has 0 aromatic rings. The Kier molecular flexibility index (Phi) is 15.1. The zero-order chi connectivity index (χ0) is 16.6. The first kappa shape index (κ1) is 21.5. The maximum atomic E-state index is 10.9. The van der Waals surface area contributed by atoms with E-state index in [4.69, 9.17) is 24.1 Å². The van der Waals surface area contributed by atoms with Crippen LogP contribution in [0.3, 0.4) is 0 Å². The van der Waals surface area contributed by atoms with Gasteiger partial charge >= 0.3 is 5.97 Å². The molecule has 0 radical (unpaired) electrons. The summed E-state index contributed by atoms with van der Waals surface area (Å²) < 4.78 is 21.2. The summed E-state index contributed by atoms with van der Waals surface area (Å²) in [5, 5.41) is 11.3. The Balaban J connectivity index is 3.11. The number of rotatable bonds is 15. The molecule has 0 fully saturated rings. The van der Waals surface area contributed by atoms with E-state index >= 15 is 0 Å². The largest absolute Gasteiger partial charge is 0.479 e. The predicted octanol–water partition coefficient (Wildman–Crippen LogP) is 0.0771. The van der Waals surface area contributed by atoms with Crippen LogP contribution in [-0.2, 0) is 28.5 Å². The number of alkyl halides is 1. The molecule has 2 N–H and O–H groups in total. The second kappa shape index (κ2) is 15.4. The van der Waals surface area contributed by atoms with Crippen molar-refractivity contribution < 1.29 is 33.6 Å². The molecular weight excluding hydrogens is 409 g/mol. The molecule has 0 saturated carbocycles. The molecule has 0 aromatic heterocycles. The average Bonchev–Trinajstić information content (AvgIpc) is 2.51. The van der Waals surface area contributed by atoms with Crippen LogP contribution in [-0.4, -0.2) is 80.3 Å². The van der Waals surface area contributed by atoms with Gasteiger partial charge in [0, 0.05) is 6.54 Å². The van der Waals surface area contributed by atoms with Gasteiger partial charge in [0.25, 0.3) is 0 Å². The maximum absolute atomic E-state index is 10.9. The summed E-state index contributed by atoms with van der Waals surface area (Å²) in [7, 11) is 0. The van der Waals surface area contributed by atoms with Crippen LogP contribution in [0.4, 0.5) is 0 Å². The first-order chi connectivity index (χ1) is 10.6. The van der Waals surface area contributed by atoms with Gasteiger partial charge in [-0.2, -0.15) is 0 Å². The molecule has 1 atom stereocenters. The topological polar surface area (TPSA) is 103 Å². The van der Waals surface area contributed by atoms with Crippen molar-refractivity contribution in [1.82, 2.24) is 5.32 Å². The highest BCUT2D eigenvalue weighted by Crippen LogP contribution is 1.90. The maximum Gasteiger partial charge on any atom is 0.332 e. The van der Waals surface area contributed by atoms with E-state index in [1.54, 1.807) is 0 Å². The van der Waals surface area contributed by atoms with Gasteiger partial charge in [-0.15, -0.1) is 0 Å². The number of ether oxygens (including phenoxy) is 4. The van der Waals surface area contributed by atoms with Crippen LogP contribution in [0.25, 0.3) is 0 Å². The van der Waals surface area contributed by atoms with Crippen molar-refractivity contribution in [2.45, 2.75) is 13.0 Å². The summed E-state index contributed by atoms with van der Waals surface area (Å²) in [5.74, 6) is -0.989. The average molecular weight is 433 g/mol. The summed E-state index contributed by atoms with van der Waals surface area (Å²) in [5.41, 5.74) is 0. The van der Waals surface area contributed by atoms with E-state index in [0.717, 1.165) is 0 Å². The molecule has 22 heavy (non-hydrogen) atoms. The lowest BCUT2D eigenvalue weighted by atomic mass is 10.4. The fourth-order valence-electron chi connectivity index (χ4n) is 1.21. The van der Waals surface area contributed by atoms with Crippen molar-refractivity contribution >= 4 is 34.5 Å². The number of aliphatic carboxylic acids is 1. The highest BCUT2D eigenvalue weighted by molar-refractivity contribution is 14.1. The number of carboxylic acid groups (broad SMARTS) is 1. The molecule has 0 aliphatic carbocycles. The third-order valence-corrected chi connectivity index (χ3v) is 3.07. The number of amides is 1. The third-order valence-electron chi connectivity index (χ3n) is 2.38. The number of hydrogen-bond acceptors (Lipinski definition) is 6. The normalized spacial score (nSPS) is 12.1. The van der Waals surface area contributed by atoms with Gasteiger partial charge in [-0.1, -0.05) is 22.6 Å². The van der Waals surface area contributed by atoms with Crippen molar-refractivity contribution in [2.75, 3.05) is 57.2 Å². The van der Waals surface area contributed by atoms with Gasteiger partial charge in [-0.05, 0) is 6.92 Å². The minimum atomic E-state index is -0.989. The summed E-state index contributed by atoms with van der Waals surface area (Å²) in [6.07, 6.45) is -0.821. The highest BCUT2D eigenvalue weighted by atomic mass is 127. The van der Waals surface area contributed by atoms with Crippen LogP contribution < -0.4 is 5.32 Å². The Bertz CT molecular complexity index is 304. The van der Waals surface area contributed by atoms with E-state index in [1.807, 2.05) is 22.6 Å². The van der Waals surface area contributed by atoms with Crippen molar-refractivity contribution in [3.8, 4) is 0 Å². The number of nitrogens with one attached hydrogen (secondary N) is 1. The molecule has 0 aromatic carbocycles. The number of halogens is 1. The molecule has 0 rings (SSSR count). The second-order valence-corrected chi connectivity index (χ2v) is 4.93. The second-order valence-electron chi connectivity index (χ2n) is 4.17. The Labute approximate surface area is 144 Å². The van der Waals surface area contributed by atoms with Crippen LogP contribution in [0, 0.1) is 0 Å². The molecule has 1 amide bonds. The van der Waals surface area contributed by atoms with Crippen molar-refractivity contribution in [1.29, 1.82) is 0 Å². The standard InChI is InChI=1S/C13H24INO7/c1-11(13(17)18)22-9-8-21-7-6-20-5-4-19-3-2-15-12(16)10-14/h11H,2-10H2,1H3,(H,15,16)(H,17,18). The molecule has 8 nitrogen and oxygen atoms in total. The lowest BCUT2D eigenvalue weighted by Crippen LogP contribution is -2.28. The Hall–Kier alpha value is -0.490. The molecule has 0 heterocycles. The predicted molar refractivity (Wildman–Crippen MR) is 87.4 cm³/mol. The lowest BCUT2D eigenvalue weighted by molar-refractivity contribution is -0.150. The van der Waals surface area contributed by atoms with Gasteiger partial charge < -0.3 is 29.4 Å². The van der Waals surface area contributed by atoms with Gasteiger partial charge in [0.05, 0.1) is 50.7 Å². The first-order valence-electron chi connectivity index (χ1n) is 6.98. The Morgan fingerprint density at radius 2 is 1.50 bits per heavy atom. The number of carboxylic acids is 1. The van der Waals surface area contributed by atoms with Gasteiger partial charge in [-0.25, -0.2) is 4.79 Å². The van der Waals surface area contributed by atoms with Crippen LogP contribution >= 0.6 is 22.6 Å². The number of carbonyl (C=O) groups is 2. The smallest absolute Gasteiger partial charge is 0.332 e. The summed E-state index contributed by atoms with van der Waals surface area (Å²) >= 11 is 2.00. The Morgan fingerprint density at radius 3 is 2.00 bits per heavy atom. The fraction of sp³-hybridized carbons (Fsp3) is 0.846. The van der Waals surface area contributed by atoms with E-state index in [0.29, 0.717) is 50.6 Å². The minimum Gasteiger partial charge on any atom is -0.479 e. The van der Waals surface area contributed by atoms with E-state index in [1.165, 1.54) is 6.92 Å². The lowest BCUT2D eigenvalue weighted by Gasteiger charge is -2.09. The van der Waals surface area contributed by atoms with Crippen molar-refractivity contribution in [3.05, 3.63) is 0 Å². The summed E-state index contributed by atoms with van der Waals surface area (Å²) in [6, 6.07) is 0. The molecule has 130 valence electrons. The van der Waals surface area contributed by atoms with Crippen LogP contribution in [0.5, 0.6) is 0 Å².